The van der Waals surface area contributed by atoms with Gasteiger partial charge in [-0.2, -0.15) is 0 Å². The van der Waals surface area contributed by atoms with Crippen LogP contribution in [0.2, 0.25) is 0 Å². The summed E-state index contributed by atoms with van der Waals surface area (Å²) in [4.78, 5) is 32.7. The molecule has 1 rings (SSSR count). The minimum Gasteiger partial charge on any atom is -0.461 e. The number of ether oxygens (including phenoxy) is 2. The van der Waals surface area contributed by atoms with Crippen LogP contribution in [0, 0.1) is 0 Å². The SMILES string of the molecule is CC(=O)OCc1ccc(OC(=O)CCNC(=O)CF)cc1. The summed E-state index contributed by atoms with van der Waals surface area (Å²) in [5.74, 6) is -1.34. The van der Waals surface area contributed by atoms with E-state index < -0.39 is 18.6 Å². The molecule has 0 saturated carbocycles. The highest BCUT2D eigenvalue weighted by molar-refractivity contribution is 5.78. The molecule has 114 valence electrons. The van der Waals surface area contributed by atoms with Crippen molar-refractivity contribution in [1.82, 2.24) is 5.32 Å². The maximum atomic E-state index is 11.8. The molecule has 1 aromatic carbocycles. The summed E-state index contributed by atoms with van der Waals surface area (Å²) in [6, 6.07) is 6.46. The molecule has 0 heterocycles. The van der Waals surface area contributed by atoms with Gasteiger partial charge in [-0.25, -0.2) is 4.39 Å². The van der Waals surface area contributed by atoms with Gasteiger partial charge in [-0.3, -0.25) is 14.4 Å². The van der Waals surface area contributed by atoms with Crippen LogP contribution < -0.4 is 10.1 Å². The summed E-state index contributed by atoms with van der Waals surface area (Å²) in [6.07, 6.45) is -0.0546. The maximum Gasteiger partial charge on any atom is 0.312 e. The summed E-state index contributed by atoms with van der Waals surface area (Å²) in [5, 5.41) is 2.22. The van der Waals surface area contributed by atoms with Gasteiger partial charge in [-0.05, 0) is 17.7 Å². The second-order valence-corrected chi connectivity index (χ2v) is 4.13. The van der Waals surface area contributed by atoms with E-state index in [-0.39, 0.29) is 25.5 Å². The van der Waals surface area contributed by atoms with Crippen molar-refractivity contribution in [3.05, 3.63) is 29.8 Å². The van der Waals surface area contributed by atoms with Gasteiger partial charge >= 0.3 is 11.9 Å². The molecule has 0 aliphatic heterocycles. The predicted octanol–water partition coefficient (Wildman–Crippen LogP) is 1.13. The van der Waals surface area contributed by atoms with Crippen LogP contribution in [-0.4, -0.2) is 31.1 Å². The molecule has 0 aliphatic carbocycles. The molecule has 1 amide bonds. The number of amides is 1. The normalized spacial score (nSPS) is 9.81. The van der Waals surface area contributed by atoms with E-state index in [1.54, 1.807) is 24.3 Å². The second-order valence-electron chi connectivity index (χ2n) is 4.13. The van der Waals surface area contributed by atoms with Crippen LogP contribution >= 0.6 is 0 Å². The van der Waals surface area contributed by atoms with Gasteiger partial charge in [-0.15, -0.1) is 0 Å². The van der Waals surface area contributed by atoms with E-state index in [0.29, 0.717) is 5.75 Å². The van der Waals surface area contributed by atoms with Gasteiger partial charge in [0.25, 0.3) is 5.91 Å². The molecule has 0 spiro atoms. The zero-order chi connectivity index (χ0) is 15.7. The minimum atomic E-state index is -1.11. The first kappa shape index (κ1) is 16.6. The van der Waals surface area contributed by atoms with Crippen LogP contribution in [0.1, 0.15) is 18.9 Å². The van der Waals surface area contributed by atoms with Crippen LogP contribution in [0.5, 0.6) is 5.75 Å². The van der Waals surface area contributed by atoms with E-state index in [1.807, 2.05) is 0 Å². The Labute approximate surface area is 121 Å². The van der Waals surface area contributed by atoms with Crippen LogP contribution in [0.3, 0.4) is 0 Å². The molecular weight excluding hydrogens is 281 g/mol. The fourth-order valence-electron chi connectivity index (χ4n) is 1.37. The molecular formula is C14H16FNO5. The molecule has 0 radical (unpaired) electrons. The number of benzene rings is 1. The standard InChI is InChI=1S/C14H16FNO5/c1-10(17)20-9-11-2-4-12(5-3-11)21-14(19)6-7-16-13(18)8-15/h2-5H,6-9H2,1H3,(H,16,18). The summed E-state index contributed by atoms with van der Waals surface area (Å²) < 4.78 is 21.7. The molecule has 0 aliphatic rings. The Balaban J connectivity index is 2.35. The number of hydrogen-bond donors (Lipinski definition) is 1. The Hall–Kier alpha value is -2.44. The third-order valence-corrected chi connectivity index (χ3v) is 2.37. The first-order valence-electron chi connectivity index (χ1n) is 6.27. The number of carbonyl (C=O) groups excluding carboxylic acids is 3. The van der Waals surface area contributed by atoms with E-state index in [2.05, 4.69) is 5.32 Å². The maximum absolute atomic E-state index is 11.8. The van der Waals surface area contributed by atoms with Crippen LogP contribution in [-0.2, 0) is 25.7 Å². The smallest absolute Gasteiger partial charge is 0.312 e. The number of halogens is 1. The molecule has 0 saturated heterocycles. The molecule has 0 bridgehead atoms. The van der Waals surface area contributed by atoms with E-state index in [0.717, 1.165) is 5.56 Å². The third-order valence-electron chi connectivity index (χ3n) is 2.37. The van der Waals surface area contributed by atoms with Gasteiger partial charge < -0.3 is 14.8 Å². The number of esters is 2. The lowest BCUT2D eigenvalue weighted by Gasteiger charge is -2.06. The predicted molar refractivity (Wildman–Crippen MR) is 71.1 cm³/mol. The molecule has 0 aromatic heterocycles. The topological polar surface area (TPSA) is 81.7 Å². The van der Waals surface area contributed by atoms with Crippen LogP contribution in [0.15, 0.2) is 24.3 Å². The zero-order valence-corrected chi connectivity index (χ0v) is 11.6. The monoisotopic (exact) mass is 297 g/mol. The summed E-state index contributed by atoms with van der Waals surface area (Å²) >= 11 is 0. The summed E-state index contributed by atoms with van der Waals surface area (Å²) in [5.41, 5.74) is 0.764. The van der Waals surface area contributed by atoms with Crippen LogP contribution in [0.25, 0.3) is 0 Å². The summed E-state index contributed by atoms with van der Waals surface area (Å²) in [7, 11) is 0. The zero-order valence-electron chi connectivity index (χ0n) is 11.6. The van der Waals surface area contributed by atoms with Crippen molar-refractivity contribution >= 4 is 17.8 Å². The van der Waals surface area contributed by atoms with E-state index in [4.69, 9.17) is 9.47 Å². The van der Waals surface area contributed by atoms with Crippen molar-refractivity contribution in [2.75, 3.05) is 13.2 Å². The van der Waals surface area contributed by atoms with Gasteiger partial charge in [0.1, 0.15) is 12.4 Å². The van der Waals surface area contributed by atoms with Gasteiger partial charge in [0, 0.05) is 13.5 Å². The lowest BCUT2D eigenvalue weighted by atomic mass is 10.2. The molecule has 0 unspecified atom stereocenters. The van der Waals surface area contributed by atoms with Crippen LogP contribution in [0.4, 0.5) is 4.39 Å². The molecule has 0 fully saturated rings. The first-order valence-corrected chi connectivity index (χ1v) is 6.27. The Morgan fingerprint density at radius 2 is 1.86 bits per heavy atom. The first-order chi connectivity index (χ1) is 10.0. The highest BCUT2D eigenvalue weighted by Crippen LogP contribution is 2.13. The Morgan fingerprint density at radius 3 is 2.43 bits per heavy atom. The largest absolute Gasteiger partial charge is 0.461 e. The Morgan fingerprint density at radius 1 is 1.19 bits per heavy atom. The molecule has 21 heavy (non-hydrogen) atoms. The quantitative estimate of drug-likeness (QED) is 0.602. The van der Waals surface area contributed by atoms with Gasteiger partial charge in [-0.1, -0.05) is 12.1 Å². The lowest BCUT2D eigenvalue weighted by Crippen LogP contribution is -2.28. The highest BCUT2D eigenvalue weighted by atomic mass is 19.1. The third kappa shape index (κ3) is 7.05. The number of carbonyl (C=O) groups is 3. The number of nitrogens with one attached hydrogen (secondary N) is 1. The van der Waals surface area contributed by atoms with Gasteiger partial charge in [0.2, 0.25) is 0 Å². The number of alkyl halides is 1. The van der Waals surface area contributed by atoms with Crippen molar-refractivity contribution < 1.29 is 28.2 Å². The Bertz CT molecular complexity index is 501. The highest BCUT2D eigenvalue weighted by Gasteiger charge is 2.06. The fourth-order valence-corrected chi connectivity index (χ4v) is 1.37. The fraction of sp³-hybridized carbons (Fsp3) is 0.357. The Kier molecular flexibility index (Phi) is 6.86. The molecule has 6 nitrogen and oxygen atoms in total. The molecule has 1 aromatic rings. The average molecular weight is 297 g/mol. The lowest BCUT2D eigenvalue weighted by molar-refractivity contribution is -0.142. The van der Waals surface area contributed by atoms with E-state index >= 15 is 0 Å². The van der Waals surface area contributed by atoms with Crippen molar-refractivity contribution in [2.45, 2.75) is 20.0 Å². The van der Waals surface area contributed by atoms with Crippen molar-refractivity contribution in [2.24, 2.45) is 0 Å². The van der Waals surface area contributed by atoms with E-state index in [9.17, 15) is 18.8 Å². The number of hydrogen-bond acceptors (Lipinski definition) is 5. The minimum absolute atomic E-state index is 0.0200. The van der Waals surface area contributed by atoms with Crippen molar-refractivity contribution in [1.29, 1.82) is 0 Å². The van der Waals surface area contributed by atoms with Gasteiger partial charge in [0.05, 0.1) is 6.42 Å². The van der Waals surface area contributed by atoms with Crippen molar-refractivity contribution in [3.63, 3.8) is 0 Å². The van der Waals surface area contributed by atoms with Crippen molar-refractivity contribution in [3.8, 4) is 5.75 Å². The molecule has 0 atom stereocenters. The second kappa shape index (κ2) is 8.68. The number of rotatable bonds is 7. The molecule has 1 N–H and O–H groups in total. The summed E-state index contributed by atoms with van der Waals surface area (Å²) in [6.45, 7) is 0.377. The average Bonchev–Trinajstić information content (AvgIpc) is 2.46. The molecule has 7 heteroatoms. The van der Waals surface area contributed by atoms with Gasteiger partial charge in [0.15, 0.2) is 6.67 Å². The van der Waals surface area contributed by atoms with E-state index in [1.165, 1.54) is 6.92 Å².